The summed E-state index contributed by atoms with van der Waals surface area (Å²) in [5, 5.41) is 0. The van der Waals surface area contributed by atoms with Gasteiger partial charge in [-0.2, -0.15) is 0 Å². The molecular weight excluding hydrogens is 252 g/mol. The van der Waals surface area contributed by atoms with Gasteiger partial charge in [0.1, 0.15) is 5.75 Å². The first-order valence-electron chi connectivity index (χ1n) is 6.03. The second-order valence-electron chi connectivity index (χ2n) is 4.75. The molecule has 1 saturated heterocycles. The zero-order valence-corrected chi connectivity index (χ0v) is 10.9. The molecule has 1 amide bonds. The van der Waals surface area contributed by atoms with Crippen molar-refractivity contribution in [1.29, 1.82) is 0 Å². The molecule has 2 N–H and O–H groups in total. The van der Waals surface area contributed by atoms with E-state index in [9.17, 15) is 4.79 Å². The van der Waals surface area contributed by atoms with Crippen LogP contribution in [-0.2, 0) is 11.2 Å². The molecule has 2 atom stereocenters. The normalized spacial score (nSPS) is 25.3. The van der Waals surface area contributed by atoms with Crippen molar-refractivity contribution in [2.45, 2.75) is 25.0 Å². The molecule has 0 bridgehead atoms. The third kappa shape index (κ3) is 2.31. The zero-order chi connectivity index (χ0) is 11.8. The van der Waals surface area contributed by atoms with E-state index in [-0.39, 0.29) is 30.5 Å². The minimum atomic E-state index is -0.349. The number of fused-ring (bicyclic) bond motifs is 1. The quantitative estimate of drug-likeness (QED) is 0.826. The number of halogens is 1. The number of hydrogen-bond donors (Lipinski definition) is 1. The summed E-state index contributed by atoms with van der Waals surface area (Å²) < 4.78 is 5.68. The Hall–Kier alpha value is -1.26. The minimum Gasteiger partial charge on any atom is -0.480 e. The van der Waals surface area contributed by atoms with Crippen molar-refractivity contribution in [3.8, 4) is 5.75 Å². The van der Waals surface area contributed by atoms with Gasteiger partial charge in [-0.15, -0.1) is 12.4 Å². The molecule has 1 unspecified atom stereocenters. The number of nitrogens with zero attached hydrogens (tertiary/aromatic N) is 1. The molecule has 0 spiro atoms. The first-order valence-corrected chi connectivity index (χ1v) is 6.03. The van der Waals surface area contributed by atoms with Crippen LogP contribution in [-0.4, -0.2) is 36.0 Å². The second-order valence-corrected chi connectivity index (χ2v) is 4.75. The predicted octanol–water partition coefficient (Wildman–Crippen LogP) is 0.971. The first kappa shape index (κ1) is 13.2. The number of hydrogen-bond acceptors (Lipinski definition) is 3. The number of nitrogens with two attached hydrogens (primary N) is 1. The predicted molar refractivity (Wildman–Crippen MR) is 71.0 cm³/mol. The van der Waals surface area contributed by atoms with E-state index in [2.05, 4.69) is 0 Å². The summed E-state index contributed by atoms with van der Waals surface area (Å²) in [6.07, 6.45) is 1.23. The summed E-state index contributed by atoms with van der Waals surface area (Å²) in [7, 11) is 0. The first-order chi connectivity index (χ1) is 8.24. The van der Waals surface area contributed by atoms with Gasteiger partial charge < -0.3 is 15.4 Å². The zero-order valence-electron chi connectivity index (χ0n) is 10.0. The van der Waals surface area contributed by atoms with Crippen LogP contribution in [0.4, 0.5) is 0 Å². The molecule has 2 aliphatic heterocycles. The van der Waals surface area contributed by atoms with E-state index < -0.39 is 0 Å². The van der Waals surface area contributed by atoms with Gasteiger partial charge in [-0.25, -0.2) is 0 Å². The molecule has 1 aromatic rings. The molecule has 18 heavy (non-hydrogen) atoms. The molecule has 0 aliphatic carbocycles. The Labute approximate surface area is 113 Å². The van der Waals surface area contributed by atoms with Crippen LogP contribution in [0.15, 0.2) is 24.3 Å². The summed E-state index contributed by atoms with van der Waals surface area (Å²) in [4.78, 5) is 14.0. The van der Waals surface area contributed by atoms with Crippen molar-refractivity contribution in [2.24, 2.45) is 5.73 Å². The van der Waals surface area contributed by atoms with Crippen LogP contribution in [0.1, 0.15) is 12.0 Å². The van der Waals surface area contributed by atoms with Gasteiger partial charge >= 0.3 is 0 Å². The van der Waals surface area contributed by atoms with E-state index in [1.54, 1.807) is 0 Å². The van der Waals surface area contributed by atoms with E-state index >= 15 is 0 Å². The summed E-state index contributed by atoms with van der Waals surface area (Å²) in [5.41, 5.74) is 6.93. The van der Waals surface area contributed by atoms with E-state index in [0.29, 0.717) is 13.0 Å². The number of benzene rings is 1. The van der Waals surface area contributed by atoms with Crippen LogP contribution in [0.2, 0.25) is 0 Å². The smallest absolute Gasteiger partial charge is 0.264 e. The summed E-state index contributed by atoms with van der Waals surface area (Å²) in [5.74, 6) is 0.920. The van der Waals surface area contributed by atoms with Crippen molar-refractivity contribution in [3.63, 3.8) is 0 Å². The maximum Gasteiger partial charge on any atom is 0.264 e. The van der Waals surface area contributed by atoms with Crippen LogP contribution in [0.3, 0.4) is 0 Å². The highest BCUT2D eigenvalue weighted by molar-refractivity contribution is 5.85. The topological polar surface area (TPSA) is 55.6 Å². The fraction of sp³-hybridized carbons (Fsp3) is 0.462. The van der Waals surface area contributed by atoms with Gasteiger partial charge in [-0.3, -0.25) is 4.79 Å². The number of amides is 1. The summed E-state index contributed by atoms with van der Waals surface area (Å²) >= 11 is 0. The minimum absolute atomic E-state index is 0. The van der Waals surface area contributed by atoms with E-state index in [1.165, 1.54) is 0 Å². The second kappa shape index (κ2) is 5.16. The molecule has 1 aromatic carbocycles. The monoisotopic (exact) mass is 268 g/mol. The van der Waals surface area contributed by atoms with Crippen molar-refractivity contribution in [1.82, 2.24) is 4.90 Å². The van der Waals surface area contributed by atoms with Crippen molar-refractivity contribution < 1.29 is 9.53 Å². The third-order valence-electron chi connectivity index (χ3n) is 3.46. The van der Waals surface area contributed by atoms with E-state index in [4.69, 9.17) is 10.5 Å². The highest BCUT2D eigenvalue weighted by atomic mass is 35.5. The van der Waals surface area contributed by atoms with Crippen molar-refractivity contribution in [3.05, 3.63) is 29.8 Å². The average Bonchev–Trinajstić information content (AvgIpc) is 2.93. The Morgan fingerprint density at radius 3 is 2.83 bits per heavy atom. The lowest BCUT2D eigenvalue weighted by Crippen LogP contribution is -2.41. The number of likely N-dealkylation sites (tertiary alicyclic amines) is 1. The lowest BCUT2D eigenvalue weighted by atomic mass is 10.1. The molecular formula is C13H17ClN2O2. The highest BCUT2D eigenvalue weighted by Gasteiger charge is 2.34. The van der Waals surface area contributed by atoms with E-state index in [0.717, 1.165) is 24.3 Å². The molecule has 0 saturated carbocycles. The van der Waals surface area contributed by atoms with Crippen molar-refractivity contribution in [2.75, 3.05) is 13.1 Å². The largest absolute Gasteiger partial charge is 0.480 e. The molecule has 2 aliphatic rings. The summed E-state index contributed by atoms with van der Waals surface area (Å²) in [6.45, 7) is 1.42. The highest BCUT2D eigenvalue weighted by Crippen LogP contribution is 2.29. The van der Waals surface area contributed by atoms with Crippen LogP contribution in [0, 0.1) is 0 Å². The standard InChI is InChI=1S/C13H16N2O2.ClH/c14-10-5-6-15(8-10)13(16)12-7-9-3-1-2-4-11(9)17-12;/h1-4,10,12H,5-8,14H2;1H/t10-,12?;/m0./s1. The number of para-hydroxylation sites is 1. The molecule has 1 fully saturated rings. The fourth-order valence-corrected chi connectivity index (χ4v) is 2.51. The van der Waals surface area contributed by atoms with Crippen LogP contribution < -0.4 is 10.5 Å². The van der Waals surface area contributed by atoms with Crippen LogP contribution >= 0.6 is 12.4 Å². The molecule has 3 rings (SSSR count). The number of carbonyl (C=O) groups excluding carboxylic acids is 1. The van der Waals surface area contributed by atoms with Gasteiger partial charge in [0, 0.05) is 25.6 Å². The Kier molecular flexibility index (Phi) is 3.78. The van der Waals surface area contributed by atoms with Gasteiger partial charge in [0.15, 0.2) is 6.10 Å². The Morgan fingerprint density at radius 1 is 1.39 bits per heavy atom. The maximum atomic E-state index is 12.2. The Bertz CT molecular complexity index is 427. The number of carbonyl (C=O) groups is 1. The Balaban J connectivity index is 0.00000120. The molecule has 0 aromatic heterocycles. The molecule has 0 radical (unpaired) electrons. The van der Waals surface area contributed by atoms with E-state index in [1.807, 2.05) is 29.2 Å². The third-order valence-corrected chi connectivity index (χ3v) is 3.46. The summed E-state index contributed by atoms with van der Waals surface area (Å²) in [6, 6.07) is 7.96. The van der Waals surface area contributed by atoms with Gasteiger partial charge in [0.25, 0.3) is 5.91 Å². The number of ether oxygens (including phenoxy) is 1. The lowest BCUT2D eigenvalue weighted by molar-refractivity contribution is -0.136. The Morgan fingerprint density at radius 2 is 2.17 bits per heavy atom. The lowest BCUT2D eigenvalue weighted by Gasteiger charge is -2.19. The molecule has 4 nitrogen and oxygen atoms in total. The van der Waals surface area contributed by atoms with Crippen LogP contribution in [0.5, 0.6) is 5.75 Å². The van der Waals surface area contributed by atoms with Crippen molar-refractivity contribution >= 4 is 18.3 Å². The van der Waals surface area contributed by atoms with Gasteiger partial charge in [-0.1, -0.05) is 18.2 Å². The van der Waals surface area contributed by atoms with Gasteiger partial charge in [0.2, 0.25) is 0 Å². The van der Waals surface area contributed by atoms with Crippen LogP contribution in [0.25, 0.3) is 0 Å². The average molecular weight is 269 g/mol. The maximum absolute atomic E-state index is 12.2. The van der Waals surface area contributed by atoms with Gasteiger partial charge in [0.05, 0.1) is 0 Å². The molecule has 5 heteroatoms. The van der Waals surface area contributed by atoms with Gasteiger partial charge in [-0.05, 0) is 18.1 Å². The molecule has 2 heterocycles. The molecule has 98 valence electrons. The SMILES string of the molecule is Cl.N[C@H]1CCN(C(=O)C2Cc3ccccc3O2)C1. The number of rotatable bonds is 1. The fourth-order valence-electron chi connectivity index (χ4n) is 2.51.